The quantitative estimate of drug-likeness (QED) is 0.218. The molecule has 4 heteroatoms. The van der Waals surface area contributed by atoms with Crippen molar-refractivity contribution in [3.8, 4) is 0 Å². The van der Waals surface area contributed by atoms with E-state index in [1.807, 2.05) is 98.7 Å². The van der Waals surface area contributed by atoms with Crippen molar-refractivity contribution >= 4 is 33.9 Å². The van der Waals surface area contributed by atoms with E-state index in [0.29, 0.717) is 16.7 Å². The Morgan fingerprint density at radius 3 is 0.800 bits per heavy atom. The van der Waals surface area contributed by atoms with Crippen LogP contribution in [0.4, 0.5) is 0 Å². The van der Waals surface area contributed by atoms with Gasteiger partial charge in [0.2, 0.25) is 0 Å². The van der Waals surface area contributed by atoms with Crippen LogP contribution in [0.1, 0.15) is 81.1 Å². The molecule has 0 aliphatic rings. The molecule has 0 saturated carbocycles. The summed E-state index contributed by atoms with van der Waals surface area (Å²) in [5.74, 6) is -1.16. The summed E-state index contributed by atoms with van der Waals surface area (Å²) in [6.07, 6.45) is 0. The van der Waals surface area contributed by atoms with E-state index in [9.17, 15) is 14.4 Å². The van der Waals surface area contributed by atoms with Crippen LogP contribution in [0, 0.1) is 62.3 Å². The minimum absolute atomic E-state index is 0.204. The topological polar surface area (TPSA) is 51.2 Å². The van der Waals surface area contributed by atoms with Crippen molar-refractivity contribution in [1.29, 1.82) is 0 Å². The van der Waals surface area contributed by atoms with E-state index in [4.69, 9.17) is 0 Å². The standard InChI is InChI=1S/C31H35GeO3/c1-16-10-19(4)25(20(5)11-16)28(33)31(32,29(34)26-21(6)12-17(2)13-22(26)7)30(35)27-23(8)14-18(3)15-24(27)9/h10-15H,32H2,1-9H3. The van der Waals surface area contributed by atoms with Gasteiger partial charge >= 0.3 is 218 Å². The molecule has 0 atom stereocenters. The van der Waals surface area contributed by atoms with E-state index in [1.165, 1.54) is 0 Å². The zero-order chi connectivity index (χ0) is 26.4. The summed E-state index contributed by atoms with van der Waals surface area (Å²) in [6.45, 7) is 17.2. The van der Waals surface area contributed by atoms with Crippen molar-refractivity contribution in [2.75, 3.05) is 0 Å². The third-order valence-electron chi connectivity index (χ3n) is 6.88. The van der Waals surface area contributed by atoms with Gasteiger partial charge in [0.1, 0.15) is 0 Å². The monoisotopic (exact) mass is 529 g/mol. The molecule has 0 N–H and O–H groups in total. The van der Waals surface area contributed by atoms with Crippen molar-refractivity contribution < 1.29 is 14.4 Å². The summed E-state index contributed by atoms with van der Waals surface area (Å²) in [6, 6.07) is 11.7. The van der Waals surface area contributed by atoms with Gasteiger partial charge in [-0.1, -0.05) is 0 Å². The van der Waals surface area contributed by atoms with Gasteiger partial charge in [-0.25, -0.2) is 0 Å². The molecular formula is C31H35GeO3. The maximum atomic E-state index is 14.4. The van der Waals surface area contributed by atoms with Crippen LogP contribution in [0.3, 0.4) is 0 Å². The molecule has 0 aliphatic heterocycles. The fraction of sp³-hybridized carbons (Fsp3) is 0.323. The number of hydrogen-bond donors (Lipinski definition) is 0. The molecule has 0 bridgehead atoms. The molecule has 0 aromatic heterocycles. The average molecular weight is 528 g/mol. The van der Waals surface area contributed by atoms with E-state index in [0.717, 1.165) is 50.1 Å². The fourth-order valence-electron chi connectivity index (χ4n) is 5.56. The molecule has 0 aliphatic carbocycles. The van der Waals surface area contributed by atoms with Crippen molar-refractivity contribution in [1.82, 2.24) is 0 Å². The Morgan fingerprint density at radius 1 is 0.457 bits per heavy atom. The molecule has 3 rings (SSSR count). The first-order valence-electron chi connectivity index (χ1n) is 11.9. The Morgan fingerprint density at radius 2 is 0.629 bits per heavy atom. The number of benzene rings is 3. The molecular weight excluding hydrogens is 493 g/mol. The van der Waals surface area contributed by atoms with Gasteiger partial charge in [0.25, 0.3) is 0 Å². The molecule has 181 valence electrons. The molecule has 0 fully saturated rings. The van der Waals surface area contributed by atoms with Crippen molar-refractivity contribution in [2.24, 2.45) is 0 Å². The van der Waals surface area contributed by atoms with Crippen LogP contribution in [-0.2, 0) is 0 Å². The van der Waals surface area contributed by atoms with Gasteiger partial charge in [-0.3, -0.25) is 0 Å². The van der Waals surface area contributed by atoms with E-state index < -0.39 is 4.25 Å². The predicted octanol–water partition coefficient (Wildman–Crippen LogP) is 6.20. The minimum atomic E-state index is -1.78. The second-order valence-corrected chi connectivity index (χ2v) is 12.4. The van der Waals surface area contributed by atoms with Crippen LogP contribution in [0.15, 0.2) is 36.4 Å². The number of Topliss-reactive ketones (excluding diaryl/α,β-unsaturated/α-hetero) is 3. The molecule has 3 aromatic carbocycles. The second kappa shape index (κ2) is 9.69. The molecule has 0 unspecified atom stereocenters. The normalized spacial score (nSPS) is 11.5. The van der Waals surface area contributed by atoms with E-state index in [-0.39, 0.29) is 33.9 Å². The Balaban J connectivity index is 2.37. The number of hydrogen-bond acceptors (Lipinski definition) is 3. The van der Waals surface area contributed by atoms with Gasteiger partial charge in [-0.05, 0) is 0 Å². The zero-order valence-electron chi connectivity index (χ0n) is 22.4. The summed E-state index contributed by atoms with van der Waals surface area (Å²) >= 11 is 0.204. The number of ketones is 3. The summed E-state index contributed by atoms with van der Waals surface area (Å²) in [4.78, 5) is 43.3. The molecule has 0 saturated heterocycles. The molecule has 1 radical (unpaired) electrons. The van der Waals surface area contributed by atoms with Crippen molar-refractivity contribution in [2.45, 2.75) is 66.6 Å². The summed E-state index contributed by atoms with van der Waals surface area (Å²) in [5.41, 5.74) is 9.33. The Kier molecular flexibility index (Phi) is 7.43. The van der Waals surface area contributed by atoms with E-state index in [1.54, 1.807) is 0 Å². The summed E-state index contributed by atoms with van der Waals surface area (Å²) in [5, 5.41) is 0. The first kappa shape index (κ1) is 26.8. The van der Waals surface area contributed by atoms with Crippen LogP contribution in [0.2, 0.25) is 4.25 Å². The molecule has 0 heterocycles. The van der Waals surface area contributed by atoms with E-state index in [2.05, 4.69) is 0 Å². The Hall–Kier alpha value is -2.79. The van der Waals surface area contributed by atoms with Gasteiger partial charge in [-0.2, -0.15) is 0 Å². The number of rotatable bonds is 6. The second-order valence-electron chi connectivity index (χ2n) is 10.2. The van der Waals surface area contributed by atoms with Crippen molar-refractivity contribution in [3.63, 3.8) is 0 Å². The van der Waals surface area contributed by atoms with E-state index >= 15 is 0 Å². The number of aryl methyl sites for hydroxylation is 9. The average Bonchev–Trinajstić information content (AvgIpc) is 2.70. The number of carbonyl (C=O) groups is 3. The first-order chi connectivity index (χ1) is 16.2. The van der Waals surface area contributed by atoms with Gasteiger partial charge in [0.15, 0.2) is 0 Å². The van der Waals surface area contributed by atoms with Gasteiger partial charge in [0.05, 0.1) is 0 Å². The Labute approximate surface area is 217 Å². The zero-order valence-corrected chi connectivity index (χ0v) is 25.4. The van der Waals surface area contributed by atoms with Gasteiger partial charge < -0.3 is 0 Å². The van der Waals surface area contributed by atoms with Crippen LogP contribution in [-0.4, -0.2) is 33.9 Å². The SMILES string of the molecule is Cc1cc(C)c(C(=O)[C]([GeH2])(C(=O)c2c(C)cc(C)cc2C)C(=O)c2c(C)cc(C)cc2C)c(C)c1. The van der Waals surface area contributed by atoms with Gasteiger partial charge in [-0.15, -0.1) is 0 Å². The summed E-state index contributed by atoms with van der Waals surface area (Å²) in [7, 11) is 0. The first-order valence-corrected chi connectivity index (χ1v) is 13.4. The Bertz CT molecular complexity index is 1160. The molecule has 0 spiro atoms. The molecule has 0 amide bonds. The van der Waals surface area contributed by atoms with Crippen molar-refractivity contribution in [3.05, 3.63) is 103 Å². The molecule has 3 aromatic rings. The third kappa shape index (κ3) is 4.71. The maximum absolute atomic E-state index is 14.4. The van der Waals surface area contributed by atoms with Gasteiger partial charge in [0, 0.05) is 0 Å². The van der Waals surface area contributed by atoms with Crippen LogP contribution < -0.4 is 0 Å². The van der Waals surface area contributed by atoms with Crippen LogP contribution in [0.25, 0.3) is 0 Å². The predicted molar refractivity (Wildman–Crippen MR) is 146 cm³/mol. The number of carbonyl (C=O) groups excluding carboxylic acids is 3. The summed E-state index contributed by atoms with van der Waals surface area (Å²) < 4.78 is -1.78. The van der Waals surface area contributed by atoms with Crippen LogP contribution >= 0.6 is 0 Å². The van der Waals surface area contributed by atoms with Crippen LogP contribution in [0.5, 0.6) is 0 Å². The fourth-order valence-corrected chi connectivity index (χ4v) is 6.68. The molecule has 35 heavy (non-hydrogen) atoms. The third-order valence-corrected chi connectivity index (χ3v) is 8.90. The molecule has 3 nitrogen and oxygen atoms in total.